The summed E-state index contributed by atoms with van der Waals surface area (Å²) in [5.74, 6) is -0.0972. The highest BCUT2D eigenvalue weighted by Crippen LogP contribution is 2.20. The molecule has 3 rings (SSSR count). The van der Waals surface area contributed by atoms with Crippen molar-refractivity contribution in [3.8, 4) is 0 Å². The number of nitrogens with one attached hydrogen (secondary N) is 1. The summed E-state index contributed by atoms with van der Waals surface area (Å²) in [6, 6.07) is 17.5. The number of rotatable bonds is 3. The Bertz CT molecular complexity index is 821. The van der Waals surface area contributed by atoms with E-state index in [2.05, 4.69) is 23.3 Å². The maximum absolute atomic E-state index is 12.6. The van der Waals surface area contributed by atoms with Crippen molar-refractivity contribution >= 4 is 16.8 Å². The Labute approximate surface area is 130 Å². The number of aromatic nitrogens is 1. The summed E-state index contributed by atoms with van der Waals surface area (Å²) in [6.45, 7) is 4.05. The number of nitrogens with zero attached hydrogens (tertiary/aromatic N) is 1. The third kappa shape index (κ3) is 2.70. The van der Waals surface area contributed by atoms with E-state index in [0.29, 0.717) is 5.56 Å². The predicted octanol–water partition coefficient (Wildman–Crippen LogP) is 4.03. The second-order valence-corrected chi connectivity index (χ2v) is 5.43. The van der Waals surface area contributed by atoms with E-state index in [9.17, 15) is 4.79 Å². The monoisotopic (exact) mass is 290 g/mol. The van der Waals surface area contributed by atoms with Gasteiger partial charge in [0.2, 0.25) is 0 Å². The van der Waals surface area contributed by atoms with E-state index in [1.165, 1.54) is 5.56 Å². The number of hydrogen-bond acceptors (Lipinski definition) is 2. The molecule has 1 unspecified atom stereocenters. The van der Waals surface area contributed by atoms with E-state index < -0.39 is 0 Å². The van der Waals surface area contributed by atoms with Gasteiger partial charge in [-0.15, -0.1) is 0 Å². The summed E-state index contributed by atoms with van der Waals surface area (Å²) in [5, 5.41) is 4.04. The fraction of sp³-hybridized carbons (Fsp3) is 0.158. The Hall–Kier alpha value is -2.68. The maximum Gasteiger partial charge on any atom is 0.253 e. The molecule has 1 N–H and O–H groups in total. The molecule has 110 valence electrons. The minimum atomic E-state index is -0.0972. The molecule has 1 amide bonds. The Morgan fingerprint density at radius 1 is 1.05 bits per heavy atom. The van der Waals surface area contributed by atoms with Crippen molar-refractivity contribution < 1.29 is 4.79 Å². The molecule has 0 fully saturated rings. The van der Waals surface area contributed by atoms with Crippen LogP contribution in [0, 0.1) is 6.92 Å². The van der Waals surface area contributed by atoms with E-state index in [0.717, 1.165) is 16.5 Å². The van der Waals surface area contributed by atoms with Crippen molar-refractivity contribution in [2.24, 2.45) is 0 Å². The minimum Gasteiger partial charge on any atom is -0.345 e. The number of para-hydroxylation sites is 1. The second kappa shape index (κ2) is 5.98. The first kappa shape index (κ1) is 14.3. The van der Waals surface area contributed by atoms with Gasteiger partial charge in [0.1, 0.15) is 0 Å². The van der Waals surface area contributed by atoms with Crippen LogP contribution in [0.25, 0.3) is 10.9 Å². The van der Waals surface area contributed by atoms with Gasteiger partial charge in [-0.05, 0) is 37.1 Å². The lowest BCUT2D eigenvalue weighted by Crippen LogP contribution is -2.27. The van der Waals surface area contributed by atoms with Gasteiger partial charge in [-0.2, -0.15) is 0 Å². The number of aryl methyl sites for hydroxylation is 1. The van der Waals surface area contributed by atoms with Crippen molar-refractivity contribution in [2.75, 3.05) is 0 Å². The molecule has 2 aromatic carbocycles. The summed E-state index contributed by atoms with van der Waals surface area (Å²) in [4.78, 5) is 16.9. The number of fused-ring (bicyclic) bond motifs is 1. The van der Waals surface area contributed by atoms with Gasteiger partial charge < -0.3 is 5.32 Å². The van der Waals surface area contributed by atoms with E-state index >= 15 is 0 Å². The molecule has 1 heterocycles. The van der Waals surface area contributed by atoms with Crippen LogP contribution in [-0.4, -0.2) is 10.9 Å². The fourth-order valence-electron chi connectivity index (χ4n) is 2.71. The van der Waals surface area contributed by atoms with Gasteiger partial charge in [-0.3, -0.25) is 9.78 Å². The molecule has 0 saturated heterocycles. The van der Waals surface area contributed by atoms with E-state index in [1.807, 2.05) is 55.5 Å². The third-order valence-corrected chi connectivity index (χ3v) is 3.88. The standard InChI is InChI=1S/C19H18N2O/c1-13-7-3-4-10-16(13)14(2)21-19(22)17-11-5-8-15-9-6-12-20-18(15)17/h3-12,14H,1-2H3,(H,21,22). The van der Waals surface area contributed by atoms with Gasteiger partial charge in [0.05, 0.1) is 17.1 Å². The van der Waals surface area contributed by atoms with Gasteiger partial charge in [0.15, 0.2) is 0 Å². The number of carbonyl (C=O) groups is 1. The van der Waals surface area contributed by atoms with Crippen molar-refractivity contribution in [1.29, 1.82) is 0 Å². The molecule has 1 aromatic heterocycles. The first-order chi connectivity index (χ1) is 10.7. The molecule has 3 aromatic rings. The number of benzene rings is 2. The zero-order valence-corrected chi connectivity index (χ0v) is 12.7. The van der Waals surface area contributed by atoms with Gasteiger partial charge in [0, 0.05) is 11.6 Å². The topological polar surface area (TPSA) is 42.0 Å². The summed E-state index contributed by atoms with van der Waals surface area (Å²) >= 11 is 0. The largest absolute Gasteiger partial charge is 0.345 e. The predicted molar refractivity (Wildman–Crippen MR) is 88.8 cm³/mol. The van der Waals surface area contributed by atoms with Gasteiger partial charge in [0.25, 0.3) is 5.91 Å². The lowest BCUT2D eigenvalue weighted by molar-refractivity contribution is 0.0941. The average Bonchev–Trinajstić information content (AvgIpc) is 2.54. The number of carbonyl (C=O) groups excluding carboxylic acids is 1. The van der Waals surface area contributed by atoms with Gasteiger partial charge >= 0.3 is 0 Å². The normalized spacial score (nSPS) is 12.1. The van der Waals surface area contributed by atoms with Crippen molar-refractivity contribution in [3.05, 3.63) is 77.5 Å². The highest BCUT2D eigenvalue weighted by molar-refractivity contribution is 6.05. The summed E-state index contributed by atoms with van der Waals surface area (Å²) < 4.78 is 0. The minimum absolute atomic E-state index is 0.0485. The zero-order chi connectivity index (χ0) is 15.5. The average molecular weight is 290 g/mol. The first-order valence-electron chi connectivity index (χ1n) is 7.37. The molecule has 0 aliphatic rings. The summed E-state index contributed by atoms with van der Waals surface area (Å²) in [7, 11) is 0. The Kier molecular flexibility index (Phi) is 3.88. The molecule has 1 atom stereocenters. The van der Waals surface area contributed by atoms with Crippen LogP contribution in [0.2, 0.25) is 0 Å². The molecular formula is C19H18N2O. The molecule has 0 aliphatic carbocycles. The molecule has 3 heteroatoms. The zero-order valence-electron chi connectivity index (χ0n) is 12.7. The van der Waals surface area contributed by atoms with Crippen LogP contribution in [0.1, 0.15) is 34.5 Å². The molecule has 0 aliphatic heterocycles. The highest BCUT2D eigenvalue weighted by Gasteiger charge is 2.15. The summed E-state index contributed by atoms with van der Waals surface area (Å²) in [6.07, 6.45) is 1.71. The maximum atomic E-state index is 12.6. The molecule has 0 spiro atoms. The van der Waals surface area contributed by atoms with Gasteiger partial charge in [-0.1, -0.05) is 42.5 Å². The summed E-state index contributed by atoms with van der Waals surface area (Å²) in [5.41, 5.74) is 3.65. The van der Waals surface area contributed by atoms with Crippen LogP contribution in [0.4, 0.5) is 0 Å². The van der Waals surface area contributed by atoms with Crippen LogP contribution in [-0.2, 0) is 0 Å². The van der Waals surface area contributed by atoms with Crippen molar-refractivity contribution in [3.63, 3.8) is 0 Å². The van der Waals surface area contributed by atoms with E-state index in [-0.39, 0.29) is 11.9 Å². The Morgan fingerprint density at radius 3 is 2.64 bits per heavy atom. The Morgan fingerprint density at radius 2 is 1.82 bits per heavy atom. The van der Waals surface area contributed by atoms with Crippen LogP contribution in [0.5, 0.6) is 0 Å². The molecule has 0 bridgehead atoms. The van der Waals surface area contributed by atoms with Crippen molar-refractivity contribution in [1.82, 2.24) is 10.3 Å². The lowest BCUT2D eigenvalue weighted by Gasteiger charge is -2.17. The van der Waals surface area contributed by atoms with Crippen LogP contribution >= 0.6 is 0 Å². The highest BCUT2D eigenvalue weighted by atomic mass is 16.1. The van der Waals surface area contributed by atoms with Crippen LogP contribution < -0.4 is 5.32 Å². The van der Waals surface area contributed by atoms with Crippen LogP contribution in [0.3, 0.4) is 0 Å². The molecule has 3 nitrogen and oxygen atoms in total. The number of amides is 1. The smallest absolute Gasteiger partial charge is 0.253 e. The van der Waals surface area contributed by atoms with Crippen molar-refractivity contribution in [2.45, 2.75) is 19.9 Å². The number of hydrogen-bond donors (Lipinski definition) is 1. The lowest BCUT2D eigenvalue weighted by atomic mass is 10.0. The van der Waals surface area contributed by atoms with Gasteiger partial charge in [-0.25, -0.2) is 0 Å². The Balaban J connectivity index is 1.89. The molecule has 22 heavy (non-hydrogen) atoms. The van der Waals surface area contributed by atoms with E-state index in [4.69, 9.17) is 0 Å². The van der Waals surface area contributed by atoms with E-state index in [1.54, 1.807) is 6.20 Å². The SMILES string of the molecule is Cc1ccccc1C(C)NC(=O)c1cccc2cccnc12. The number of pyridine rings is 1. The molecular weight excluding hydrogens is 272 g/mol. The molecule has 0 radical (unpaired) electrons. The third-order valence-electron chi connectivity index (χ3n) is 3.88. The van der Waals surface area contributed by atoms with Crippen LogP contribution in [0.15, 0.2) is 60.8 Å². The fourth-order valence-corrected chi connectivity index (χ4v) is 2.71. The molecule has 0 saturated carbocycles. The first-order valence-corrected chi connectivity index (χ1v) is 7.37. The second-order valence-electron chi connectivity index (χ2n) is 5.43. The quantitative estimate of drug-likeness (QED) is 0.791.